The summed E-state index contributed by atoms with van der Waals surface area (Å²) >= 11 is 0. The summed E-state index contributed by atoms with van der Waals surface area (Å²) in [4.78, 5) is 17.6. The lowest BCUT2D eigenvalue weighted by atomic mass is 10.1. The number of rotatable bonds is 0. The highest BCUT2D eigenvalue weighted by Gasteiger charge is 2.04. The van der Waals surface area contributed by atoms with Crippen molar-refractivity contribution >= 4 is 0 Å². The third-order valence-electron chi connectivity index (χ3n) is 1.64. The lowest BCUT2D eigenvalue weighted by molar-refractivity contribution is 0.470. The van der Waals surface area contributed by atoms with Crippen molar-refractivity contribution in [1.29, 1.82) is 0 Å². The first-order valence-corrected chi connectivity index (χ1v) is 3.43. The van der Waals surface area contributed by atoms with E-state index in [2.05, 4.69) is 9.97 Å². The highest BCUT2D eigenvalue weighted by molar-refractivity contribution is 5.61. The smallest absolute Gasteiger partial charge is 0.222 e. The van der Waals surface area contributed by atoms with Crippen molar-refractivity contribution in [2.24, 2.45) is 0 Å². The molecule has 0 aromatic carbocycles. The number of phenols is 1. The number of hydrogen-bond acceptors (Lipinski definition) is 3. The van der Waals surface area contributed by atoms with Gasteiger partial charge >= 0.3 is 0 Å². The molecule has 0 spiro atoms. The average Bonchev–Trinajstić information content (AvgIpc) is 2.07. The van der Waals surface area contributed by atoms with Crippen LogP contribution in [-0.2, 0) is 0 Å². The van der Waals surface area contributed by atoms with Crippen LogP contribution in [0.2, 0.25) is 0 Å². The Bertz CT molecular complexity index is 436. The van der Waals surface area contributed by atoms with Gasteiger partial charge in [-0.05, 0) is 6.07 Å². The molecular formula is C8H6N2O2. The molecule has 1 heterocycles. The molecule has 0 bridgehead atoms. The number of aromatic amines is 1. The molecule has 0 unspecified atom stereocenters. The van der Waals surface area contributed by atoms with Crippen LogP contribution in [0.4, 0.5) is 0 Å². The molecule has 60 valence electrons. The van der Waals surface area contributed by atoms with E-state index in [1.165, 1.54) is 18.5 Å². The second-order valence-corrected chi connectivity index (χ2v) is 2.46. The maximum atomic E-state index is 10.9. The predicted molar refractivity (Wildman–Crippen MR) is 43.1 cm³/mol. The van der Waals surface area contributed by atoms with Crippen LogP contribution in [0.15, 0.2) is 29.5 Å². The zero-order chi connectivity index (χ0) is 8.55. The highest BCUT2D eigenvalue weighted by Crippen LogP contribution is 2.18. The van der Waals surface area contributed by atoms with Gasteiger partial charge in [-0.25, -0.2) is 4.98 Å². The molecule has 4 nitrogen and oxygen atoms in total. The number of aromatic hydroxyl groups is 1. The fourth-order valence-corrected chi connectivity index (χ4v) is 1.04. The molecule has 0 radical (unpaired) electrons. The molecule has 1 aliphatic carbocycles. The third kappa shape index (κ3) is 0.934. The third-order valence-corrected chi connectivity index (χ3v) is 1.64. The topological polar surface area (TPSA) is 66.0 Å². The normalized spacial score (nSPS) is 10.3. The first-order valence-electron chi connectivity index (χ1n) is 3.43. The Balaban J connectivity index is 2.86. The lowest BCUT2D eigenvalue weighted by Crippen LogP contribution is -2.01. The summed E-state index contributed by atoms with van der Waals surface area (Å²) in [5, 5.41) is 9.06. The van der Waals surface area contributed by atoms with Gasteiger partial charge in [-0.3, -0.25) is 4.79 Å². The summed E-state index contributed by atoms with van der Waals surface area (Å²) in [6.07, 6.45) is 3.06. The Kier molecular flexibility index (Phi) is 1.33. The number of nitrogens with zero attached hydrogens (tertiary/aromatic N) is 1. The van der Waals surface area contributed by atoms with E-state index in [0.717, 1.165) is 5.56 Å². The summed E-state index contributed by atoms with van der Waals surface area (Å²) < 4.78 is 0. The molecule has 0 aromatic rings. The fourth-order valence-electron chi connectivity index (χ4n) is 1.04. The SMILES string of the molecule is O=c1cc2[nH]cncc-2cc1O. The minimum atomic E-state index is -0.384. The monoisotopic (exact) mass is 162 g/mol. The summed E-state index contributed by atoms with van der Waals surface area (Å²) in [5.41, 5.74) is 1.01. The van der Waals surface area contributed by atoms with E-state index in [1.807, 2.05) is 0 Å². The molecule has 0 amide bonds. The minimum Gasteiger partial charge on any atom is -0.504 e. The maximum absolute atomic E-state index is 10.9. The molecule has 2 aliphatic rings. The van der Waals surface area contributed by atoms with Gasteiger partial charge in [-0.1, -0.05) is 0 Å². The Morgan fingerprint density at radius 2 is 2.25 bits per heavy atom. The zero-order valence-corrected chi connectivity index (χ0v) is 6.11. The number of hydrogen-bond donors (Lipinski definition) is 2. The van der Waals surface area contributed by atoms with E-state index in [0.29, 0.717) is 5.69 Å². The van der Waals surface area contributed by atoms with Crippen molar-refractivity contribution in [2.75, 3.05) is 0 Å². The van der Waals surface area contributed by atoms with Crippen molar-refractivity contribution in [2.45, 2.75) is 0 Å². The van der Waals surface area contributed by atoms with Gasteiger partial charge in [0.1, 0.15) is 0 Å². The van der Waals surface area contributed by atoms with Crippen LogP contribution >= 0.6 is 0 Å². The summed E-state index contributed by atoms with van der Waals surface area (Å²) in [5.74, 6) is -0.246. The Morgan fingerprint density at radius 1 is 1.42 bits per heavy atom. The van der Waals surface area contributed by atoms with Crippen molar-refractivity contribution in [3.05, 3.63) is 34.9 Å². The van der Waals surface area contributed by atoms with E-state index in [9.17, 15) is 4.79 Å². The molecule has 2 rings (SSSR count). The van der Waals surface area contributed by atoms with Gasteiger partial charge < -0.3 is 10.1 Å². The maximum Gasteiger partial charge on any atom is 0.222 e. The molecule has 0 aromatic heterocycles. The van der Waals surface area contributed by atoms with Gasteiger partial charge in [0.2, 0.25) is 5.43 Å². The number of fused-ring (bicyclic) bond motifs is 1. The first kappa shape index (κ1) is 6.84. The summed E-state index contributed by atoms with van der Waals surface area (Å²) in [6, 6.07) is 2.73. The molecule has 0 saturated heterocycles. The van der Waals surface area contributed by atoms with Gasteiger partial charge in [0.05, 0.1) is 12.0 Å². The van der Waals surface area contributed by atoms with Crippen LogP contribution < -0.4 is 5.43 Å². The number of phenolic OH excluding ortho intramolecular Hbond substituents is 1. The van der Waals surface area contributed by atoms with Gasteiger partial charge in [-0.2, -0.15) is 0 Å². The predicted octanol–water partition coefficient (Wildman–Crippen LogP) is 0.580. The summed E-state index contributed by atoms with van der Waals surface area (Å²) in [7, 11) is 0. The molecule has 0 atom stereocenters. The fraction of sp³-hybridized carbons (Fsp3) is 0. The van der Waals surface area contributed by atoms with Crippen LogP contribution in [0, 0.1) is 0 Å². The van der Waals surface area contributed by atoms with Gasteiger partial charge in [0.15, 0.2) is 5.75 Å². The second kappa shape index (κ2) is 2.34. The van der Waals surface area contributed by atoms with Crippen molar-refractivity contribution in [3.63, 3.8) is 0 Å². The minimum absolute atomic E-state index is 0.246. The van der Waals surface area contributed by atoms with Crippen molar-refractivity contribution < 1.29 is 5.11 Å². The molecule has 4 heteroatoms. The molecule has 2 N–H and O–H groups in total. The van der Waals surface area contributed by atoms with Gasteiger partial charge in [0, 0.05) is 17.8 Å². The standard InChI is InChI=1S/C8H6N2O2/c11-7-1-5-3-9-4-10-6(5)2-8(7)12/h1-4,11H,(H,9,10). The number of H-pyrrole nitrogens is 1. The Morgan fingerprint density at radius 3 is 3.08 bits per heavy atom. The van der Waals surface area contributed by atoms with Crippen LogP contribution in [0.1, 0.15) is 0 Å². The van der Waals surface area contributed by atoms with Crippen molar-refractivity contribution in [1.82, 2.24) is 9.97 Å². The first-order chi connectivity index (χ1) is 5.77. The Hall–Kier alpha value is -1.84. The Labute approximate surface area is 67.9 Å². The number of benzene rings is 1. The van der Waals surface area contributed by atoms with Gasteiger partial charge in [0.25, 0.3) is 0 Å². The second-order valence-electron chi connectivity index (χ2n) is 2.46. The van der Waals surface area contributed by atoms with Crippen molar-refractivity contribution in [3.8, 4) is 17.0 Å². The molecule has 1 aliphatic heterocycles. The van der Waals surface area contributed by atoms with E-state index < -0.39 is 0 Å². The van der Waals surface area contributed by atoms with Gasteiger partial charge in [-0.15, -0.1) is 0 Å². The largest absolute Gasteiger partial charge is 0.504 e. The van der Waals surface area contributed by atoms with Crippen LogP contribution in [0.5, 0.6) is 5.75 Å². The highest BCUT2D eigenvalue weighted by atomic mass is 16.3. The zero-order valence-electron chi connectivity index (χ0n) is 6.11. The van der Waals surface area contributed by atoms with E-state index in [4.69, 9.17) is 5.11 Å². The van der Waals surface area contributed by atoms with E-state index in [-0.39, 0.29) is 11.2 Å². The number of nitrogens with one attached hydrogen (secondary N) is 1. The molecular weight excluding hydrogens is 156 g/mol. The molecule has 0 saturated carbocycles. The van der Waals surface area contributed by atoms with Crippen LogP contribution in [0.25, 0.3) is 11.3 Å². The molecule has 0 fully saturated rings. The van der Waals surface area contributed by atoms with E-state index >= 15 is 0 Å². The molecule has 12 heavy (non-hydrogen) atoms. The van der Waals surface area contributed by atoms with E-state index in [1.54, 1.807) is 6.20 Å². The van der Waals surface area contributed by atoms with Crippen LogP contribution in [-0.4, -0.2) is 15.1 Å². The quantitative estimate of drug-likeness (QED) is 0.595. The summed E-state index contributed by atoms with van der Waals surface area (Å²) in [6.45, 7) is 0. The number of aromatic nitrogens is 2. The van der Waals surface area contributed by atoms with Crippen LogP contribution in [0.3, 0.4) is 0 Å². The lowest BCUT2D eigenvalue weighted by Gasteiger charge is -2.02. The average molecular weight is 162 g/mol.